The summed E-state index contributed by atoms with van der Waals surface area (Å²) in [5.74, 6) is 0.794. The Bertz CT molecular complexity index is 733. The second-order valence-corrected chi connectivity index (χ2v) is 13.9. The summed E-state index contributed by atoms with van der Waals surface area (Å²) in [6.45, 7) is 13.8. The van der Waals surface area contributed by atoms with E-state index in [0.29, 0.717) is 5.11 Å². The first-order valence-electron chi connectivity index (χ1n) is 11.7. The number of anilines is 1. The maximum absolute atomic E-state index is 5.86. The minimum atomic E-state index is -2.03. The highest BCUT2D eigenvalue weighted by Gasteiger charge is 2.44. The summed E-state index contributed by atoms with van der Waals surface area (Å²) in [5, 5.41) is 3.97. The Morgan fingerprint density at radius 2 is 1.47 bits per heavy atom. The zero-order chi connectivity index (χ0) is 21.6. The van der Waals surface area contributed by atoms with Crippen molar-refractivity contribution in [3.8, 4) is 0 Å². The van der Waals surface area contributed by atoms with E-state index in [2.05, 4.69) is 47.3 Å². The Morgan fingerprint density at radius 3 is 1.90 bits per heavy atom. The van der Waals surface area contributed by atoms with E-state index in [1.165, 1.54) is 56.9 Å². The number of nitrogens with one attached hydrogen (secondary N) is 1. The number of aryl methyl sites for hydroxylation is 1. The fourth-order valence-corrected chi connectivity index (χ4v) is 9.87. The molecule has 2 aliphatic rings. The molecular formula is C23H40N5PS. The van der Waals surface area contributed by atoms with Crippen molar-refractivity contribution in [2.75, 3.05) is 31.5 Å². The van der Waals surface area contributed by atoms with Crippen LogP contribution in [-0.4, -0.2) is 50.8 Å². The van der Waals surface area contributed by atoms with Gasteiger partial charge in [0.15, 0.2) is 5.11 Å². The highest BCUT2D eigenvalue weighted by molar-refractivity contribution is 7.81. The zero-order valence-electron chi connectivity index (χ0n) is 19.4. The van der Waals surface area contributed by atoms with E-state index in [4.69, 9.17) is 17.0 Å². The van der Waals surface area contributed by atoms with Gasteiger partial charge in [0.1, 0.15) is 13.2 Å². The quantitative estimate of drug-likeness (QED) is 0.412. The van der Waals surface area contributed by atoms with Crippen LogP contribution in [0.25, 0.3) is 0 Å². The molecule has 0 spiro atoms. The summed E-state index contributed by atoms with van der Waals surface area (Å²) < 4.78 is 11.0. The first kappa shape index (κ1) is 23.8. The van der Waals surface area contributed by atoms with Gasteiger partial charge in [-0.1, -0.05) is 46.5 Å². The van der Waals surface area contributed by atoms with E-state index in [-0.39, 0.29) is 5.16 Å². The van der Waals surface area contributed by atoms with Crippen molar-refractivity contribution >= 4 is 30.5 Å². The average molecular weight is 450 g/mol. The molecule has 0 saturated carbocycles. The maximum Gasteiger partial charge on any atom is 0.199 e. The molecular weight excluding hydrogens is 409 g/mol. The second kappa shape index (κ2) is 10.7. The Hall–Kier alpha value is -0.810. The number of hydrogen-bond acceptors (Lipinski definition) is 2. The molecule has 3 rings (SSSR count). The van der Waals surface area contributed by atoms with Crippen LogP contribution in [0.5, 0.6) is 0 Å². The van der Waals surface area contributed by atoms with Gasteiger partial charge in [0.25, 0.3) is 0 Å². The van der Waals surface area contributed by atoms with Gasteiger partial charge in [-0.25, -0.2) is 9.73 Å². The fourth-order valence-electron chi connectivity index (χ4n) is 4.84. The molecule has 1 aromatic rings. The smallest absolute Gasteiger partial charge is 0.199 e. The molecule has 0 bridgehead atoms. The molecule has 0 atom stereocenters. The highest BCUT2D eigenvalue weighted by Crippen LogP contribution is 2.66. The van der Waals surface area contributed by atoms with Crippen molar-refractivity contribution in [2.45, 2.75) is 84.2 Å². The zero-order valence-corrected chi connectivity index (χ0v) is 21.1. The van der Waals surface area contributed by atoms with Gasteiger partial charge in [-0.2, -0.15) is 0 Å². The lowest BCUT2D eigenvalue weighted by Gasteiger charge is -2.50. The lowest BCUT2D eigenvalue weighted by Crippen LogP contribution is -2.42. The van der Waals surface area contributed by atoms with Crippen LogP contribution in [0.2, 0.25) is 0 Å². The van der Waals surface area contributed by atoms with E-state index in [1.54, 1.807) is 0 Å². The predicted molar refractivity (Wildman–Crippen MR) is 134 cm³/mol. The van der Waals surface area contributed by atoms with E-state index < -0.39 is 7.36 Å². The summed E-state index contributed by atoms with van der Waals surface area (Å²) in [4.78, 5) is 4.45. The summed E-state index contributed by atoms with van der Waals surface area (Å²) in [7, 11) is -2.03. The lowest BCUT2D eigenvalue weighted by atomic mass is 10.2. The van der Waals surface area contributed by atoms with Gasteiger partial charge in [0, 0.05) is 37.5 Å². The molecule has 5 nitrogen and oxygen atoms in total. The summed E-state index contributed by atoms with van der Waals surface area (Å²) in [5.41, 5.74) is 1.17. The SMILES string of the molecule is Cc1ccnc(NC(=S)N=P(N2CCCCCC2)(N2CCCCCC2)C(C)(C)C)c1. The largest absolute Gasteiger partial charge is 0.316 e. The number of aromatic nitrogens is 1. The highest BCUT2D eigenvalue weighted by atomic mass is 32.1. The Balaban J connectivity index is 2.05. The maximum atomic E-state index is 5.86. The molecule has 2 saturated heterocycles. The summed E-state index contributed by atoms with van der Waals surface area (Å²) in [6.07, 6.45) is 12.2. The van der Waals surface area contributed by atoms with Gasteiger partial charge in [0.05, 0.1) is 0 Å². The fraction of sp³-hybridized carbons (Fsp3) is 0.739. The molecule has 168 valence electrons. The standard InChI is InChI=1S/C23H40N5PS/c1-20-13-14-24-21(19-20)25-22(30)26-29(23(2,3)4,27-15-9-5-6-10-16-27)28-17-11-7-8-12-18-28/h13-14,19H,5-12,15-18H2,1-4H3,(H,24,25,30). The van der Waals surface area contributed by atoms with Crippen LogP contribution in [0.4, 0.5) is 5.82 Å². The lowest BCUT2D eigenvalue weighted by molar-refractivity contribution is 0.368. The predicted octanol–water partition coefficient (Wildman–Crippen LogP) is 6.67. The van der Waals surface area contributed by atoms with Crippen LogP contribution >= 0.6 is 19.6 Å². The number of thiocarbonyl (C=S) groups is 1. The molecule has 0 radical (unpaired) electrons. The van der Waals surface area contributed by atoms with Gasteiger partial charge in [-0.05, 0) is 62.5 Å². The van der Waals surface area contributed by atoms with Gasteiger partial charge in [-0.15, -0.1) is 0 Å². The van der Waals surface area contributed by atoms with Crippen molar-refractivity contribution in [1.29, 1.82) is 0 Å². The molecule has 1 aromatic heterocycles. The monoisotopic (exact) mass is 449 g/mol. The van der Waals surface area contributed by atoms with Crippen LogP contribution in [0.1, 0.15) is 77.7 Å². The van der Waals surface area contributed by atoms with E-state index in [0.717, 1.165) is 32.0 Å². The van der Waals surface area contributed by atoms with Crippen LogP contribution in [0.15, 0.2) is 23.1 Å². The van der Waals surface area contributed by atoms with Crippen LogP contribution in [-0.2, 0) is 0 Å². The van der Waals surface area contributed by atoms with Crippen molar-refractivity contribution in [1.82, 2.24) is 14.3 Å². The van der Waals surface area contributed by atoms with Gasteiger partial charge >= 0.3 is 0 Å². The molecule has 3 heterocycles. The number of nitrogens with zero attached hydrogens (tertiary/aromatic N) is 4. The van der Waals surface area contributed by atoms with Crippen LogP contribution < -0.4 is 5.32 Å². The average Bonchev–Trinajstić information content (AvgIpc) is 3.11. The normalized spacial score (nSPS) is 20.3. The molecule has 2 fully saturated rings. The van der Waals surface area contributed by atoms with Gasteiger partial charge < -0.3 is 5.32 Å². The van der Waals surface area contributed by atoms with Crippen molar-refractivity contribution in [3.05, 3.63) is 23.9 Å². The third kappa shape index (κ3) is 5.70. The first-order valence-corrected chi connectivity index (χ1v) is 13.8. The topological polar surface area (TPSA) is 43.8 Å². The number of pyridine rings is 1. The Morgan fingerprint density at radius 1 is 0.967 bits per heavy atom. The Labute approximate surface area is 189 Å². The first-order chi connectivity index (χ1) is 14.3. The van der Waals surface area contributed by atoms with Crippen LogP contribution in [0.3, 0.4) is 0 Å². The molecule has 7 heteroatoms. The minimum absolute atomic E-state index is 0.0352. The summed E-state index contributed by atoms with van der Waals surface area (Å²) >= 11 is 5.86. The third-order valence-corrected chi connectivity index (χ3v) is 11.2. The second-order valence-electron chi connectivity index (χ2n) is 9.72. The molecule has 0 unspecified atom stereocenters. The molecule has 0 aromatic carbocycles. The van der Waals surface area contributed by atoms with E-state index >= 15 is 0 Å². The van der Waals surface area contributed by atoms with Crippen molar-refractivity contribution in [2.24, 2.45) is 4.74 Å². The number of rotatable bonds is 3. The molecule has 0 amide bonds. The van der Waals surface area contributed by atoms with Crippen LogP contribution in [0, 0.1) is 6.92 Å². The van der Waals surface area contributed by atoms with E-state index in [9.17, 15) is 0 Å². The van der Waals surface area contributed by atoms with Crippen molar-refractivity contribution in [3.63, 3.8) is 0 Å². The molecule has 0 aliphatic carbocycles. The molecule has 2 aliphatic heterocycles. The van der Waals surface area contributed by atoms with Crippen molar-refractivity contribution < 1.29 is 0 Å². The molecule has 1 N–H and O–H groups in total. The Kier molecular flexibility index (Phi) is 8.48. The minimum Gasteiger partial charge on any atom is -0.316 e. The van der Waals surface area contributed by atoms with Gasteiger partial charge in [0.2, 0.25) is 0 Å². The third-order valence-electron chi connectivity index (χ3n) is 6.23. The van der Waals surface area contributed by atoms with Gasteiger partial charge in [-0.3, -0.25) is 9.34 Å². The van der Waals surface area contributed by atoms with E-state index in [1.807, 2.05) is 18.3 Å². The number of hydrogen-bond donors (Lipinski definition) is 1. The summed E-state index contributed by atoms with van der Waals surface area (Å²) in [6, 6.07) is 4.04. The molecule has 30 heavy (non-hydrogen) atoms.